The van der Waals surface area contributed by atoms with E-state index < -0.39 is 18.0 Å². The maximum Gasteiger partial charge on any atom is 0.326 e. The van der Waals surface area contributed by atoms with Crippen LogP contribution in [0.2, 0.25) is 0 Å². The number of carbonyl (C=O) groups excluding carboxylic acids is 1. The van der Waals surface area contributed by atoms with E-state index in [0.717, 1.165) is 0 Å². The van der Waals surface area contributed by atoms with E-state index in [9.17, 15) is 9.59 Å². The van der Waals surface area contributed by atoms with E-state index in [1.165, 1.54) is 0 Å². The lowest BCUT2D eigenvalue weighted by Crippen LogP contribution is -2.46. The summed E-state index contributed by atoms with van der Waals surface area (Å²) in [6.07, 6.45) is 6.21. The zero-order valence-electron chi connectivity index (χ0n) is 10.3. The maximum atomic E-state index is 11.5. The summed E-state index contributed by atoms with van der Waals surface area (Å²) in [4.78, 5) is 26.2. The third kappa shape index (κ3) is 4.86. The summed E-state index contributed by atoms with van der Waals surface area (Å²) in [5.41, 5.74) is 0. The van der Waals surface area contributed by atoms with Crippen molar-refractivity contribution >= 4 is 12.0 Å². The van der Waals surface area contributed by atoms with Crippen molar-refractivity contribution in [2.75, 3.05) is 6.54 Å². The molecule has 0 aliphatic rings. The second kappa shape index (κ2) is 7.31. The quantitative estimate of drug-likeness (QED) is 0.657. The van der Waals surface area contributed by atoms with E-state index in [1.54, 1.807) is 18.7 Å². The molecule has 0 aliphatic carbocycles. The molecule has 1 aromatic heterocycles. The van der Waals surface area contributed by atoms with Crippen molar-refractivity contribution in [3.63, 3.8) is 0 Å². The fourth-order valence-corrected chi connectivity index (χ4v) is 1.47. The largest absolute Gasteiger partial charge is 0.480 e. The molecule has 18 heavy (non-hydrogen) atoms. The highest BCUT2D eigenvalue weighted by atomic mass is 16.4. The van der Waals surface area contributed by atoms with Crippen molar-refractivity contribution in [3.8, 4) is 0 Å². The number of amides is 2. The molecule has 2 amide bonds. The van der Waals surface area contributed by atoms with Crippen LogP contribution in [0, 0.1) is 0 Å². The molecule has 100 valence electrons. The number of carbonyl (C=O) groups is 2. The van der Waals surface area contributed by atoms with Crippen molar-refractivity contribution in [1.82, 2.24) is 20.2 Å². The minimum absolute atomic E-state index is 0.417. The molecule has 0 aliphatic heterocycles. The Morgan fingerprint density at radius 3 is 2.83 bits per heavy atom. The molecule has 7 heteroatoms. The second-order valence-corrected chi connectivity index (χ2v) is 3.88. The van der Waals surface area contributed by atoms with Gasteiger partial charge in [0, 0.05) is 25.5 Å². The molecule has 0 spiro atoms. The topological polar surface area (TPSA) is 96.3 Å². The minimum atomic E-state index is -1.01. The molecule has 0 bridgehead atoms. The van der Waals surface area contributed by atoms with Crippen LogP contribution in [0.4, 0.5) is 4.79 Å². The summed E-state index contributed by atoms with van der Waals surface area (Å²) < 4.78 is 1.82. The van der Waals surface area contributed by atoms with E-state index >= 15 is 0 Å². The summed E-state index contributed by atoms with van der Waals surface area (Å²) in [5, 5.41) is 13.9. The van der Waals surface area contributed by atoms with Crippen LogP contribution < -0.4 is 10.6 Å². The Morgan fingerprint density at radius 2 is 2.28 bits per heavy atom. The van der Waals surface area contributed by atoms with Gasteiger partial charge < -0.3 is 20.3 Å². The van der Waals surface area contributed by atoms with E-state index in [-0.39, 0.29) is 0 Å². The van der Waals surface area contributed by atoms with Crippen LogP contribution in [0.1, 0.15) is 19.8 Å². The lowest BCUT2D eigenvalue weighted by atomic mass is 10.2. The van der Waals surface area contributed by atoms with Gasteiger partial charge in [0.25, 0.3) is 0 Å². The van der Waals surface area contributed by atoms with Crippen LogP contribution >= 0.6 is 0 Å². The van der Waals surface area contributed by atoms with Crippen molar-refractivity contribution in [2.24, 2.45) is 0 Å². The Balaban J connectivity index is 2.25. The minimum Gasteiger partial charge on any atom is -0.480 e. The number of nitrogens with zero attached hydrogens (tertiary/aromatic N) is 2. The van der Waals surface area contributed by atoms with Gasteiger partial charge in [0.1, 0.15) is 6.04 Å². The first-order chi connectivity index (χ1) is 8.63. The van der Waals surface area contributed by atoms with Gasteiger partial charge in [0.2, 0.25) is 0 Å². The van der Waals surface area contributed by atoms with E-state index in [2.05, 4.69) is 15.6 Å². The summed E-state index contributed by atoms with van der Waals surface area (Å²) >= 11 is 0. The highest BCUT2D eigenvalue weighted by molar-refractivity contribution is 5.82. The molecule has 0 radical (unpaired) electrons. The van der Waals surface area contributed by atoms with Crippen LogP contribution in [0.5, 0.6) is 0 Å². The first kappa shape index (κ1) is 14.0. The van der Waals surface area contributed by atoms with E-state index in [0.29, 0.717) is 25.9 Å². The highest BCUT2D eigenvalue weighted by Gasteiger charge is 2.18. The van der Waals surface area contributed by atoms with Gasteiger partial charge in [0.15, 0.2) is 0 Å². The number of urea groups is 1. The molecule has 0 fully saturated rings. The molecule has 7 nitrogen and oxygen atoms in total. The molecular weight excluding hydrogens is 236 g/mol. The molecule has 0 aromatic carbocycles. The van der Waals surface area contributed by atoms with Gasteiger partial charge in [-0.05, 0) is 6.42 Å². The van der Waals surface area contributed by atoms with Gasteiger partial charge >= 0.3 is 12.0 Å². The molecule has 0 saturated heterocycles. The van der Waals surface area contributed by atoms with Crippen LogP contribution in [0.3, 0.4) is 0 Å². The van der Waals surface area contributed by atoms with Crippen molar-refractivity contribution in [1.29, 1.82) is 0 Å². The second-order valence-electron chi connectivity index (χ2n) is 3.88. The lowest BCUT2D eigenvalue weighted by Gasteiger charge is -2.14. The van der Waals surface area contributed by atoms with Crippen LogP contribution in [-0.4, -0.2) is 39.2 Å². The van der Waals surface area contributed by atoms with Crippen molar-refractivity contribution in [3.05, 3.63) is 18.7 Å². The smallest absolute Gasteiger partial charge is 0.326 e. The molecule has 1 heterocycles. The molecule has 1 aromatic rings. The lowest BCUT2D eigenvalue weighted by molar-refractivity contribution is -0.139. The summed E-state index contributed by atoms with van der Waals surface area (Å²) in [6.45, 7) is 2.88. The Kier molecular flexibility index (Phi) is 5.69. The van der Waals surface area contributed by atoms with Crippen LogP contribution in [-0.2, 0) is 11.3 Å². The summed E-state index contributed by atoms with van der Waals surface area (Å²) in [7, 11) is 0. The van der Waals surface area contributed by atoms with Gasteiger partial charge in [-0.15, -0.1) is 0 Å². The standard InChI is InChI=1S/C11H18N4O3/c1-2-3-9(10(16)17)14-11(18)13-5-7-15-6-4-12-8-15/h4,6,8-9H,2-3,5,7H2,1H3,(H,16,17)(H2,13,14,18). The Bertz CT molecular complexity index is 378. The van der Waals surface area contributed by atoms with E-state index in [1.807, 2.05) is 11.5 Å². The number of hydrogen-bond donors (Lipinski definition) is 3. The first-order valence-electron chi connectivity index (χ1n) is 5.86. The van der Waals surface area contributed by atoms with Gasteiger partial charge in [-0.3, -0.25) is 0 Å². The van der Waals surface area contributed by atoms with Gasteiger partial charge in [-0.1, -0.05) is 13.3 Å². The number of rotatable bonds is 7. The number of imidazole rings is 1. The first-order valence-corrected chi connectivity index (χ1v) is 5.86. The van der Waals surface area contributed by atoms with Gasteiger partial charge in [0.05, 0.1) is 6.33 Å². The molecule has 1 rings (SSSR count). The Morgan fingerprint density at radius 1 is 1.50 bits per heavy atom. The average Bonchev–Trinajstić information content (AvgIpc) is 2.81. The molecule has 1 atom stereocenters. The number of aromatic nitrogens is 2. The number of nitrogens with one attached hydrogen (secondary N) is 2. The molecular formula is C11H18N4O3. The fraction of sp³-hybridized carbons (Fsp3) is 0.545. The van der Waals surface area contributed by atoms with Gasteiger partial charge in [-0.25, -0.2) is 14.6 Å². The number of hydrogen-bond acceptors (Lipinski definition) is 3. The Hall–Kier alpha value is -2.05. The predicted octanol–water partition coefficient (Wildman–Crippen LogP) is 0.436. The maximum absolute atomic E-state index is 11.5. The van der Waals surface area contributed by atoms with Gasteiger partial charge in [-0.2, -0.15) is 0 Å². The third-order valence-electron chi connectivity index (χ3n) is 2.40. The van der Waals surface area contributed by atoms with Crippen LogP contribution in [0.15, 0.2) is 18.7 Å². The van der Waals surface area contributed by atoms with Crippen molar-refractivity contribution in [2.45, 2.75) is 32.4 Å². The highest BCUT2D eigenvalue weighted by Crippen LogP contribution is 1.96. The summed E-state index contributed by atoms with van der Waals surface area (Å²) in [5.74, 6) is -1.01. The summed E-state index contributed by atoms with van der Waals surface area (Å²) in [6, 6.07) is -1.29. The monoisotopic (exact) mass is 254 g/mol. The molecule has 1 unspecified atom stereocenters. The number of carboxylic acids is 1. The van der Waals surface area contributed by atoms with Crippen LogP contribution in [0.25, 0.3) is 0 Å². The van der Waals surface area contributed by atoms with Crippen molar-refractivity contribution < 1.29 is 14.7 Å². The molecule has 0 saturated carbocycles. The average molecular weight is 254 g/mol. The Labute approximate surface area is 105 Å². The third-order valence-corrected chi connectivity index (χ3v) is 2.40. The predicted molar refractivity (Wildman–Crippen MR) is 65.1 cm³/mol. The SMILES string of the molecule is CCCC(NC(=O)NCCn1ccnc1)C(=O)O. The fourth-order valence-electron chi connectivity index (χ4n) is 1.47. The number of aliphatic carboxylic acids is 1. The zero-order valence-corrected chi connectivity index (χ0v) is 10.3. The number of carboxylic acid groups (broad SMARTS) is 1. The molecule has 3 N–H and O–H groups in total. The normalized spacial score (nSPS) is 11.8. The van der Waals surface area contributed by atoms with E-state index in [4.69, 9.17) is 5.11 Å². The zero-order chi connectivity index (χ0) is 13.4.